The molecule has 0 bridgehead atoms. The van der Waals surface area contributed by atoms with Gasteiger partial charge in [-0.25, -0.2) is 8.78 Å². The van der Waals surface area contributed by atoms with Crippen LogP contribution in [0.2, 0.25) is 5.02 Å². The van der Waals surface area contributed by atoms with Gasteiger partial charge in [-0.3, -0.25) is 4.79 Å². The van der Waals surface area contributed by atoms with Gasteiger partial charge in [-0.05, 0) is 52.4 Å². The highest BCUT2D eigenvalue weighted by atomic mass is 127. The van der Waals surface area contributed by atoms with E-state index in [9.17, 15) is 13.6 Å². The van der Waals surface area contributed by atoms with Crippen LogP contribution < -0.4 is 0 Å². The smallest absolute Gasteiger partial charge is 0.170 e. The average molecular weight is 393 g/mol. The quantitative estimate of drug-likeness (QED) is 0.422. The highest BCUT2D eigenvalue weighted by Gasteiger charge is 2.15. The summed E-state index contributed by atoms with van der Waals surface area (Å²) in [5, 5.41) is -0.330. The molecule has 0 aromatic heterocycles. The van der Waals surface area contributed by atoms with Crippen LogP contribution in [0.4, 0.5) is 8.78 Å². The van der Waals surface area contributed by atoms with E-state index in [0.29, 0.717) is 0 Å². The number of carbonyl (C=O) groups is 1. The van der Waals surface area contributed by atoms with Crippen LogP contribution in [0.15, 0.2) is 36.4 Å². The summed E-state index contributed by atoms with van der Waals surface area (Å²) in [4.78, 5) is 11.9. The Hall–Kier alpha value is -1.01. The van der Waals surface area contributed by atoms with Gasteiger partial charge in [0, 0.05) is 9.99 Å². The fourth-order valence-electron chi connectivity index (χ4n) is 1.62. The Morgan fingerprint density at radius 3 is 2.37 bits per heavy atom. The third-order valence-electron chi connectivity index (χ3n) is 2.59. The summed E-state index contributed by atoms with van der Waals surface area (Å²) in [6, 6.07) is 8.92. The molecule has 0 heterocycles. The van der Waals surface area contributed by atoms with Crippen LogP contribution in [-0.4, -0.2) is 5.78 Å². The topological polar surface area (TPSA) is 17.1 Å². The van der Waals surface area contributed by atoms with Gasteiger partial charge in [-0.1, -0.05) is 23.7 Å². The van der Waals surface area contributed by atoms with E-state index in [1.54, 1.807) is 12.1 Å². The van der Waals surface area contributed by atoms with Gasteiger partial charge in [0.05, 0.1) is 10.6 Å². The fourth-order valence-corrected chi connectivity index (χ4v) is 2.13. The van der Waals surface area contributed by atoms with Gasteiger partial charge < -0.3 is 0 Å². The Kier molecular flexibility index (Phi) is 4.52. The second-order valence-corrected chi connectivity index (χ2v) is 5.63. The molecular formula is C14H8ClF2IO. The zero-order valence-corrected chi connectivity index (χ0v) is 12.5. The molecule has 0 fully saturated rings. The molecule has 0 amide bonds. The lowest BCUT2D eigenvalue weighted by molar-refractivity contribution is 0.0988. The molecule has 0 spiro atoms. The van der Waals surface area contributed by atoms with Crippen molar-refractivity contribution in [1.82, 2.24) is 0 Å². The summed E-state index contributed by atoms with van der Waals surface area (Å²) in [5.41, 5.74) is 0.473. The SMILES string of the molecule is O=C(Cc1ccc(I)cc1)c1cc(F)c(Cl)cc1F. The lowest BCUT2D eigenvalue weighted by Gasteiger charge is -2.04. The van der Waals surface area contributed by atoms with Crippen molar-refractivity contribution in [2.45, 2.75) is 6.42 Å². The first-order valence-electron chi connectivity index (χ1n) is 5.39. The molecule has 2 aromatic carbocycles. The van der Waals surface area contributed by atoms with E-state index in [4.69, 9.17) is 11.6 Å². The van der Waals surface area contributed by atoms with Crippen molar-refractivity contribution < 1.29 is 13.6 Å². The van der Waals surface area contributed by atoms with Crippen molar-refractivity contribution in [3.05, 3.63) is 67.8 Å². The molecule has 98 valence electrons. The molecule has 0 aliphatic heterocycles. The molecular weight excluding hydrogens is 385 g/mol. The van der Waals surface area contributed by atoms with E-state index in [0.717, 1.165) is 21.3 Å². The maximum absolute atomic E-state index is 13.6. The highest BCUT2D eigenvalue weighted by molar-refractivity contribution is 14.1. The van der Waals surface area contributed by atoms with Gasteiger partial charge in [-0.15, -0.1) is 0 Å². The summed E-state index contributed by atoms with van der Waals surface area (Å²) >= 11 is 7.59. The van der Waals surface area contributed by atoms with E-state index in [1.165, 1.54) is 0 Å². The number of Topliss-reactive ketones (excluding diaryl/α,β-unsaturated/α-hetero) is 1. The van der Waals surface area contributed by atoms with Crippen molar-refractivity contribution in [3.63, 3.8) is 0 Å². The molecule has 0 saturated heterocycles. The average Bonchev–Trinajstić information content (AvgIpc) is 2.36. The third kappa shape index (κ3) is 3.51. The van der Waals surface area contributed by atoms with Crippen LogP contribution in [0, 0.1) is 15.2 Å². The molecule has 0 atom stereocenters. The van der Waals surface area contributed by atoms with Gasteiger partial charge >= 0.3 is 0 Å². The van der Waals surface area contributed by atoms with Crippen molar-refractivity contribution in [3.8, 4) is 0 Å². The Bertz CT molecular complexity index is 626. The first kappa shape index (κ1) is 14.4. The maximum atomic E-state index is 13.6. The minimum Gasteiger partial charge on any atom is -0.294 e. The molecule has 0 N–H and O–H groups in total. The van der Waals surface area contributed by atoms with E-state index in [1.807, 2.05) is 12.1 Å². The number of hydrogen-bond donors (Lipinski definition) is 0. The molecule has 5 heteroatoms. The van der Waals surface area contributed by atoms with Gasteiger partial charge in [0.25, 0.3) is 0 Å². The second-order valence-electron chi connectivity index (χ2n) is 3.97. The van der Waals surface area contributed by atoms with Gasteiger partial charge in [0.1, 0.15) is 11.6 Å². The van der Waals surface area contributed by atoms with Crippen LogP contribution in [-0.2, 0) is 6.42 Å². The first-order chi connectivity index (χ1) is 8.97. The Balaban J connectivity index is 2.25. The van der Waals surface area contributed by atoms with Crippen LogP contribution in [0.5, 0.6) is 0 Å². The predicted octanol–water partition coefficient (Wildman–Crippen LogP) is 4.65. The molecule has 1 nitrogen and oxygen atoms in total. The lowest BCUT2D eigenvalue weighted by Crippen LogP contribution is -2.07. The zero-order valence-electron chi connectivity index (χ0n) is 9.59. The van der Waals surface area contributed by atoms with Crippen molar-refractivity contribution >= 4 is 40.0 Å². The molecule has 19 heavy (non-hydrogen) atoms. The lowest BCUT2D eigenvalue weighted by atomic mass is 10.0. The normalized spacial score (nSPS) is 10.5. The first-order valence-corrected chi connectivity index (χ1v) is 6.85. The van der Waals surface area contributed by atoms with Crippen LogP contribution >= 0.6 is 34.2 Å². The zero-order chi connectivity index (χ0) is 14.0. The van der Waals surface area contributed by atoms with Crippen molar-refractivity contribution in [2.24, 2.45) is 0 Å². The standard InChI is InChI=1S/C14H8ClF2IO/c15-11-7-12(16)10(6-13(11)17)14(19)5-8-1-3-9(18)4-2-8/h1-4,6-7H,5H2. The van der Waals surface area contributed by atoms with Crippen molar-refractivity contribution in [2.75, 3.05) is 0 Å². The van der Waals surface area contributed by atoms with E-state index in [-0.39, 0.29) is 17.0 Å². The summed E-state index contributed by atoms with van der Waals surface area (Å²) in [6.07, 6.45) is 0.0227. The molecule has 0 saturated carbocycles. The maximum Gasteiger partial charge on any atom is 0.170 e. The summed E-state index contributed by atoms with van der Waals surface area (Å²) in [6.45, 7) is 0. The second kappa shape index (κ2) is 5.96. The van der Waals surface area contributed by atoms with Crippen LogP contribution in [0.1, 0.15) is 15.9 Å². The predicted molar refractivity (Wildman–Crippen MR) is 78.6 cm³/mol. The summed E-state index contributed by atoms with van der Waals surface area (Å²) in [5.74, 6) is -2.08. The minimum atomic E-state index is -0.804. The number of benzene rings is 2. The van der Waals surface area contributed by atoms with E-state index < -0.39 is 17.4 Å². The van der Waals surface area contributed by atoms with Gasteiger partial charge in [0.15, 0.2) is 5.78 Å². The number of carbonyl (C=O) groups excluding carboxylic acids is 1. The summed E-state index contributed by atoms with van der Waals surface area (Å²) in [7, 11) is 0. The fraction of sp³-hybridized carbons (Fsp3) is 0.0714. The number of rotatable bonds is 3. The third-order valence-corrected chi connectivity index (χ3v) is 3.60. The Labute approximate surface area is 127 Å². The van der Waals surface area contributed by atoms with Crippen LogP contribution in [0.25, 0.3) is 0 Å². The molecule has 0 radical (unpaired) electrons. The molecule has 2 rings (SSSR count). The van der Waals surface area contributed by atoms with Gasteiger partial charge in [-0.2, -0.15) is 0 Å². The van der Waals surface area contributed by atoms with Crippen molar-refractivity contribution in [1.29, 1.82) is 0 Å². The monoisotopic (exact) mass is 392 g/mol. The number of hydrogen-bond acceptors (Lipinski definition) is 1. The minimum absolute atomic E-state index is 0.0227. The Morgan fingerprint density at radius 2 is 1.74 bits per heavy atom. The number of halogens is 4. The van der Waals surface area contributed by atoms with Gasteiger partial charge in [0.2, 0.25) is 0 Å². The molecule has 0 aliphatic carbocycles. The van der Waals surface area contributed by atoms with Crippen LogP contribution in [0.3, 0.4) is 0 Å². The largest absolute Gasteiger partial charge is 0.294 e. The Morgan fingerprint density at radius 1 is 1.11 bits per heavy atom. The molecule has 2 aromatic rings. The summed E-state index contributed by atoms with van der Waals surface area (Å²) < 4.78 is 27.9. The van der Waals surface area contributed by atoms with E-state index >= 15 is 0 Å². The molecule has 0 unspecified atom stereocenters. The van der Waals surface area contributed by atoms with E-state index in [2.05, 4.69) is 22.6 Å². The highest BCUT2D eigenvalue weighted by Crippen LogP contribution is 2.20. The molecule has 0 aliphatic rings. The number of ketones is 1.